The Morgan fingerprint density at radius 2 is 1.79 bits per heavy atom. The Kier molecular flexibility index (Phi) is 3.59. The summed E-state index contributed by atoms with van der Waals surface area (Å²) in [5.74, 6) is 1.19. The normalized spacial score (nSPS) is 40.9. The van der Waals surface area contributed by atoms with E-state index in [4.69, 9.17) is 4.74 Å². The highest BCUT2D eigenvalue weighted by Gasteiger charge is 2.51. The largest absolute Gasteiger partial charge is 0.462 e. The van der Waals surface area contributed by atoms with Gasteiger partial charge in [0.15, 0.2) is 0 Å². The number of ether oxygens (including phenoxy) is 1. The van der Waals surface area contributed by atoms with Gasteiger partial charge in [-0.1, -0.05) is 6.42 Å². The number of likely N-dealkylation sites (tertiary alicyclic amines) is 1. The summed E-state index contributed by atoms with van der Waals surface area (Å²) in [5.41, 5.74) is 0. The second kappa shape index (κ2) is 5.08. The van der Waals surface area contributed by atoms with Crippen LogP contribution in [-0.4, -0.2) is 42.7 Å². The minimum atomic E-state index is -0.0772. The van der Waals surface area contributed by atoms with Crippen LogP contribution in [0.25, 0.3) is 0 Å². The SMILES string of the molecule is CC(=O)O[C@@H]1[C@H]2CCC[C@@H]1[C@H]([N+]1(C)CCCC1)CC2. The van der Waals surface area contributed by atoms with Gasteiger partial charge in [0, 0.05) is 32.1 Å². The van der Waals surface area contributed by atoms with Gasteiger partial charge < -0.3 is 9.22 Å². The van der Waals surface area contributed by atoms with Crippen LogP contribution in [0.2, 0.25) is 0 Å². The van der Waals surface area contributed by atoms with Crippen molar-refractivity contribution in [1.29, 1.82) is 0 Å². The van der Waals surface area contributed by atoms with Gasteiger partial charge in [0.05, 0.1) is 26.2 Å². The van der Waals surface area contributed by atoms with Crippen LogP contribution >= 0.6 is 0 Å². The van der Waals surface area contributed by atoms with E-state index in [-0.39, 0.29) is 12.1 Å². The summed E-state index contributed by atoms with van der Waals surface area (Å²) in [6.07, 6.45) is 9.47. The Balaban J connectivity index is 1.80. The van der Waals surface area contributed by atoms with Crippen molar-refractivity contribution in [2.24, 2.45) is 11.8 Å². The molecule has 2 aliphatic carbocycles. The molecule has 0 unspecified atom stereocenters. The molecule has 2 bridgehead atoms. The van der Waals surface area contributed by atoms with E-state index in [1.54, 1.807) is 6.92 Å². The highest BCUT2D eigenvalue weighted by molar-refractivity contribution is 5.66. The standard InChI is InChI=1S/C16H28NO2/c1-12(18)19-16-13-6-5-7-14(16)15(9-8-13)17(2)10-3-4-11-17/h13-16H,3-11H2,1-2H3/q+1/t13-,14+,15+,16+/m0/s1. The topological polar surface area (TPSA) is 26.3 Å². The predicted octanol–water partition coefficient (Wildman–Crippen LogP) is 2.74. The third-order valence-corrected chi connectivity index (χ3v) is 6.02. The molecule has 1 heterocycles. The number of quaternary nitrogens is 1. The predicted molar refractivity (Wildman–Crippen MR) is 74.6 cm³/mol. The average molecular weight is 266 g/mol. The zero-order valence-corrected chi connectivity index (χ0v) is 12.4. The molecule has 2 saturated carbocycles. The van der Waals surface area contributed by atoms with Gasteiger partial charge in [0.25, 0.3) is 0 Å². The quantitative estimate of drug-likeness (QED) is 0.567. The smallest absolute Gasteiger partial charge is 0.302 e. The van der Waals surface area contributed by atoms with Crippen molar-refractivity contribution in [1.82, 2.24) is 0 Å². The fourth-order valence-corrected chi connectivity index (χ4v) is 5.15. The Labute approximate surface area is 116 Å². The molecule has 0 aromatic heterocycles. The Morgan fingerprint density at radius 3 is 2.47 bits per heavy atom. The van der Waals surface area contributed by atoms with Gasteiger partial charge in [0.1, 0.15) is 6.10 Å². The maximum absolute atomic E-state index is 11.4. The number of carbonyl (C=O) groups is 1. The lowest BCUT2D eigenvalue weighted by Crippen LogP contribution is -2.60. The highest BCUT2D eigenvalue weighted by atomic mass is 16.5. The summed E-state index contributed by atoms with van der Waals surface area (Å²) in [5, 5.41) is 0. The second-order valence-corrected chi connectivity index (χ2v) is 7.21. The molecule has 3 rings (SSSR count). The third-order valence-electron chi connectivity index (χ3n) is 6.02. The van der Waals surface area contributed by atoms with Crippen LogP contribution in [0, 0.1) is 11.8 Å². The molecule has 1 aliphatic heterocycles. The second-order valence-electron chi connectivity index (χ2n) is 7.21. The molecule has 3 fully saturated rings. The molecule has 0 amide bonds. The van der Waals surface area contributed by atoms with E-state index in [2.05, 4.69) is 7.05 Å². The van der Waals surface area contributed by atoms with Gasteiger partial charge in [-0.05, 0) is 25.2 Å². The minimum Gasteiger partial charge on any atom is -0.462 e. The molecule has 3 heteroatoms. The first-order valence-corrected chi connectivity index (χ1v) is 8.11. The maximum Gasteiger partial charge on any atom is 0.302 e. The van der Waals surface area contributed by atoms with E-state index in [0.29, 0.717) is 11.8 Å². The van der Waals surface area contributed by atoms with Crippen molar-refractivity contribution in [2.45, 2.75) is 64.0 Å². The number of fused-ring (bicyclic) bond motifs is 2. The summed E-state index contributed by atoms with van der Waals surface area (Å²) in [6.45, 7) is 4.24. The lowest BCUT2D eigenvalue weighted by atomic mass is 9.66. The third kappa shape index (κ3) is 2.42. The number of esters is 1. The molecule has 0 spiro atoms. The molecule has 4 atom stereocenters. The summed E-state index contributed by atoms with van der Waals surface area (Å²) in [7, 11) is 2.44. The van der Waals surface area contributed by atoms with E-state index in [0.717, 1.165) is 6.04 Å². The van der Waals surface area contributed by atoms with Crippen molar-refractivity contribution in [3.63, 3.8) is 0 Å². The molecule has 0 aromatic rings. The molecule has 108 valence electrons. The van der Waals surface area contributed by atoms with E-state index < -0.39 is 0 Å². The van der Waals surface area contributed by atoms with Crippen molar-refractivity contribution in [3.8, 4) is 0 Å². The van der Waals surface area contributed by atoms with Crippen LogP contribution in [0.15, 0.2) is 0 Å². The lowest BCUT2D eigenvalue weighted by Gasteiger charge is -2.51. The molecule has 1 saturated heterocycles. The van der Waals surface area contributed by atoms with Crippen molar-refractivity contribution in [2.75, 3.05) is 20.1 Å². The fraction of sp³-hybridized carbons (Fsp3) is 0.938. The number of hydrogen-bond donors (Lipinski definition) is 0. The first-order valence-electron chi connectivity index (χ1n) is 8.11. The van der Waals surface area contributed by atoms with Crippen LogP contribution in [-0.2, 0) is 9.53 Å². The van der Waals surface area contributed by atoms with Gasteiger partial charge in [-0.25, -0.2) is 0 Å². The minimum absolute atomic E-state index is 0.0772. The Morgan fingerprint density at radius 1 is 1.05 bits per heavy atom. The molecule has 3 nitrogen and oxygen atoms in total. The van der Waals surface area contributed by atoms with Crippen molar-refractivity contribution in [3.05, 3.63) is 0 Å². The fourth-order valence-electron chi connectivity index (χ4n) is 5.15. The Bertz CT molecular complexity index is 349. The summed E-state index contributed by atoms with van der Waals surface area (Å²) in [6, 6.07) is 0.739. The van der Waals surface area contributed by atoms with Gasteiger partial charge >= 0.3 is 5.97 Å². The number of nitrogens with zero attached hydrogens (tertiary/aromatic N) is 1. The zero-order chi connectivity index (χ0) is 13.5. The van der Waals surface area contributed by atoms with Crippen LogP contribution in [0.4, 0.5) is 0 Å². The van der Waals surface area contributed by atoms with Crippen LogP contribution < -0.4 is 0 Å². The summed E-state index contributed by atoms with van der Waals surface area (Å²) >= 11 is 0. The van der Waals surface area contributed by atoms with Gasteiger partial charge in [-0.3, -0.25) is 4.79 Å². The first kappa shape index (κ1) is 13.4. The van der Waals surface area contributed by atoms with Crippen LogP contribution in [0.1, 0.15) is 51.9 Å². The van der Waals surface area contributed by atoms with Crippen LogP contribution in [0.5, 0.6) is 0 Å². The molecule has 19 heavy (non-hydrogen) atoms. The van der Waals surface area contributed by atoms with Gasteiger partial charge in [-0.15, -0.1) is 0 Å². The van der Waals surface area contributed by atoms with Crippen molar-refractivity contribution >= 4 is 5.97 Å². The number of rotatable bonds is 2. The molecular weight excluding hydrogens is 238 g/mol. The highest BCUT2D eigenvalue weighted by Crippen LogP contribution is 2.46. The summed E-state index contributed by atoms with van der Waals surface area (Å²) < 4.78 is 6.99. The lowest BCUT2D eigenvalue weighted by molar-refractivity contribution is -0.928. The number of hydrogen-bond acceptors (Lipinski definition) is 2. The van der Waals surface area contributed by atoms with E-state index in [9.17, 15) is 4.79 Å². The maximum atomic E-state index is 11.4. The molecular formula is C16H28NO2+. The van der Waals surface area contributed by atoms with Gasteiger partial charge in [0.2, 0.25) is 0 Å². The molecule has 0 radical (unpaired) electrons. The van der Waals surface area contributed by atoms with Gasteiger partial charge in [-0.2, -0.15) is 0 Å². The molecule has 3 aliphatic rings. The molecule has 0 aromatic carbocycles. The first-order chi connectivity index (χ1) is 9.10. The van der Waals surface area contributed by atoms with E-state index in [1.165, 1.54) is 62.5 Å². The number of carbonyl (C=O) groups excluding carboxylic acids is 1. The zero-order valence-electron chi connectivity index (χ0n) is 12.4. The molecule has 0 N–H and O–H groups in total. The average Bonchev–Trinajstić information content (AvgIpc) is 2.76. The summed E-state index contributed by atoms with van der Waals surface area (Å²) in [4.78, 5) is 11.4. The Hall–Kier alpha value is -0.570. The van der Waals surface area contributed by atoms with E-state index in [1.807, 2.05) is 0 Å². The van der Waals surface area contributed by atoms with Crippen LogP contribution in [0.3, 0.4) is 0 Å². The van der Waals surface area contributed by atoms with Crippen molar-refractivity contribution < 1.29 is 14.0 Å². The monoisotopic (exact) mass is 266 g/mol. The van der Waals surface area contributed by atoms with E-state index >= 15 is 0 Å².